The van der Waals surface area contributed by atoms with Gasteiger partial charge in [-0.25, -0.2) is 0 Å². The molecular formula is C16H19N3O3. The van der Waals surface area contributed by atoms with Crippen LogP contribution in [0.15, 0.2) is 28.8 Å². The van der Waals surface area contributed by atoms with Crippen molar-refractivity contribution in [2.45, 2.75) is 26.4 Å². The van der Waals surface area contributed by atoms with Crippen LogP contribution in [0.1, 0.15) is 29.5 Å². The maximum Gasteiger partial charge on any atom is 0.257 e. The Morgan fingerprint density at radius 3 is 2.77 bits per heavy atom. The van der Waals surface area contributed by atoms with E-state index >= 15 is 0 Å². The zero-order valence-corrected chi connectivity index (χ0v) is 12.8. The second-order valence-electron chi connectivity index (χ2n) is 5.38. The van der Waals surface area contributed by atoms with Crippen molar-refractivity contribution in [2.24, 2.45) is 0 Å². The molecule has 1 aromatic carbocycles. The van der Waals surface area contributed by atoms with Crippen LogP contribution in [0.5, 0.6) is 0 Å². The van der Waals surface area contributed by atoms with Gasteiger partial charge >= 0.3 is 0 Å². The third-order valence-electron chi connectivity index (χ3n) is 3.79. The van der Waals surface area contributed by atoms with Crippen LogP contribution in [0, 0.1) is 6.92 Å². The highest BCUT2D eigenvalue weighted by Crippen LogP contribution is 2.19. The highest BCUT2D eigenvalue weighted by atomic mass is 16.5. The van der Waals surface area contributed by atoms with Crippen molar-refractivity contribution in [3.63, 3.8) is 0 Å². The molecule has 0 unspecified atom stereocenters. The van der Waals surface area contributed by atoms with E-state index in [1.54, 1.807) is 19.1 Å². The molecule has 1 aromatic heterocycles. The highest BCUT2D eigenvalue weighted by Gasteiger charge is 2.24. The molecule has 1 aliphatic rings. The number of carbonyl (C=O) groups excluding carboxylic acids is 1. The summed E-state index contributed by atoms with van der Waals surface area (Å²) in [5.41, 5.74) is 1.47. The second kappa shape index (κ2) is 6.27. The van der Waals surface area contributed by atoms with E-state index in [4.69, 9.17) is 9.26 Å². The van der Waals surface area contributed by atoms with Gasteiger partial charge in [0.15, 0.2) is 5.82 Å². The molecule has 116 valence electrons. The standard InChI is InChI=1S/C16H19N3O3/c1-3-14-10-19(8-9-21-14)16(20)13-6-4-12(5-7-13)15-17-11(2)18-22-15/h4-7,14H,3,8-10H2,1-2H3/t14-/m1/s1. The number of rotatable bonds is 3. The lowest BCUT2D eigenvalue weighted by Crippen LogP contribution is -2.45. The van der Waals surface area contributed by atoms with Crippen LogP contribution >= 0.6 is 0 Å². The number of aryl methyl sites for hydroxylation is 1. The van der Waals surface area contributed by atoms with Gasteiger partial charge in [0, 0.05) is 24.2 Å². The fourth-order valence-corrected chi connectivity index (χ4v) is 2.50. The predicted octanol–water partition coefficient (Wildman–Crippen LogP) is 2.30. The zero-order valence-electron chi connectivity index (χ0n) is 12.8. The summed E-state index contributed by atoms with van der Waals surface area (Å²) in [4.78, 5) is 18.6. The summed E-state index contributed by atoms with van der Waals surface area (Å²) in [7, 11) is 0. The van der Waals surface area contributed by atoms with Gasteiger partial charge in [-0.2, -0.15) is 4.98 Å². The topological polar surface area (TPSA) is 68.5 Å². The third-order valence-corrected chi connectivity index (χ3v) is 3.79. The summed E-state index contributed by atoms with van der Waals surface area (Å²) in [6.07, 6.45) is 1.05. The first-order valence-corrected chi connectivity index (χ1v) is 7.49. The quantitative estimate of drug-likeness (QED) is 0.870. The average Bonchev–Trinajstić information content (AvgIpc) is 3.01. The van der Waals surface area contributed by atoms with E-state index in [0.29, 0.717) is 37.0 Å². The molecule has 0 saturated carbocycles. The number of ether oxygens (including phenoxy) is 1. The van der Waals surface area contributed by atoms with Crippen LogP contribution in [-0.2, 0) is 4.74 Å². The Bertz CT molecular complexity index is 651. The minimum atomic E-state index is 0.0370. The van der Waals surface area contributed by atoms with Gasteiger partial charge in [0.25, 0.3) is 11.8 Å². The predicted molar refractivity (Wildman–Crippen MR) is 80.4 cm³/mol. The SMILES string of the molecule is CC[C@@H]1CN(C(=O)c2ccc(-c3nc(C)no3)cc2)CCO1. The first-order chi connectivity index (χ1) is 10.7. The molecule has 0 spiro atoms. The number of aromatic nitrogens is 2. The van der Waals surface area contributed by atoms with Gasteiger partial charge in [-0.1, -0.05) is 12.1 Å². The molecule has 0 aliphatic carbocycles. The van der Waals surface area contributed by atoms with Crippen LogP contribution < -0.4 is 0 Å². The smallest absolute Gasteiger partial charge is 0.257 e. The lowest BCUT2D eigenvalue weighted by Gasteiger charge is -2.32. The van der Waals surface area contributed by atoms with Crippen LogP contribution in [0.4, 0.5) is 0 Å². The Morgan fingerprint density at radius 2 is 2.14 bits per heavy atom. The van der Waals surface area contributed by atoms with Gasteiger partial charge in [0.05, 0.1) is 12.7 Å². The molecule has 2 aromatic rings. The van der Waals surface area contributed by atoms with Gasteiger partial charge in [-0.3, -0.25) is 4.79 Å². The van der Waals surface area contributed by atoms with Crippen molar-refractivity contribution in [3.8, 4) is 11.5 Å². The molecule has 22 heavy (non-hydrogen) atoms. The van der Waals surface area contributed by atoms with Crippen molar-refractivity contribution in [1.29, 1.82) is 0 Å². The number of nitrogens with zero attached hydrogens (tertiary/aromatic N) is 3. The number of amides is 1. The first kappa shape index (κ1) is 14.7. The fourth-order valence-electron chi connectivity index (χ4n) is 2.50. The normalized spacial score (nSPS) is 18.5. The van der Waals surface area contributed by atoms with E-state index in [-0.39, 0.29) is 12.0 Å². The summed E-state index contributed by atoms with van der Waals surface area (Å²) in [6, 6.07) is 7.26. The third kappa shape index (κ3) is 3.01. The van der Waals surface area contributed by atoms with E-state index in [9.17, 15) is 4.79 Å². The van der Waals surface area contributed by atoms with E-state index < -0.39 is 0 Å². The molecule has 6 nitrogen and oxygen atoms in total. The van der Waals surface area contributed by atoms with E-state index in [2.05, 4.69) is 17.1 Å². The molecule has 0 radical (unpaired) electrons. The van der Waals surface area contributed by atoms with Gasteiger partial charge in [-0.15, -0.1) is 0 Å². The molecule has 3 rings (SSSR count). The maximum atomic E-state index is 12.5. The van der Waals surface area contributed by atoms with E-state index in [1.165, 1.54) is 0 Å². The number of hydrogen-bond acceptors (Lipinski definition) is 5. The molecule has 1 saturated heterocycles. The molecule has 1 amide bonds. The van der Waals surface area contributed by atoms with Gasteiger partial charge in [0.2, 0.25) is 0 Å². The van der Waals surface area contributed by atoms with Crippen molar-refractivity contribution in [2.75, 3.05) is 19.7 Å². The van der Waals surface area contributed by atoms with Gasteiger partial charge in [0.1, 0.15) is 0 Å². The van der Waals surface area contributed by atoms with Crippen LogP contribution in [0.3, 0.4) is 0 Å². The zero-order chi connectivity index (χ0) is 15.5. The van der Waals surface area contributed by atoms with Crippen molar-refractivity contribution in [3.05, 3.63) is 35.7 Å². The molecule has 1 fully saturated rings. The monoisotopic (exact) mass is 301 g/mol. The number of morpholine rings is 1. The number of benzene rings is 1. The van der Waals surface area contributed by atoms with Gasteiger partial charge in [-0.05, 0) is 37.6 Å². The molecule has 0 bridgehead atoms. The molecule has 6 heteroatoms. The minimum Gasteiger partial charge on any atom is -0.375 e. The number of hydrogen-bond donors (Lipinski definition) is 0. The fraction of sp³-hybridized carbons (Fsp3) is 0.438. The summed E-state index contributed by atoms with van der Waals surface area (Å²) < 4.78 is 10.7. The Balaban J connectivity index is 1.73. The lowest BCUT2D eigenvalue weighted by molar-refractivity contribution is -0.0226. The summed E-state index contributed by atoms with van der Waals surface area (Å²) in [5.74, 6) is 1.10. The second-order valence-corrected chi connectivity index (χ2v) is 5.38. The van der Waals surface area contributed by atoms with E-state index in [1.807, 2.05) is 17.0 Å². The Kier molecular flexibility index (Phi) is 4.20. The summed E-state index contributed by atoms with van der Waals surface area (Å²) in [6.45, 7) is 5.73. The Labute approximate surface area is 129 Å². The van der Waals surface area contributed by atoms with Crippen molar-refractivity contribution in [1.82, 2.24) is 15.0 Å². The van der Waals surface area contributed by atoms with Gasteiger partial charge < -0.3 is 14.2 Å². The lowest BCUT2D eigenvalue weighted by atomic mass is 10.1. The maximum absolute atomic E-state index is 12.5. The van der Waals surface area contributed by atoms with Crippen molar-refractivity contribution < 1.29 is 14.1 Å². The largest absolute Gasteiger partial charge is 0.375 e. The van der Waals surface area contributed by atoms with E-state index in [0.717, 1.165) is 12.0 Å². The summed E-state index contributed by atoms with van der Waals surface area (Å²) in [5, 5.41) is 3.77. The Hall–Kier alpha value is -2.21. The minimum absolute atomic E-state index is 0.0370. The van der Waals surface area contributed by atoms with Crippen LogP contribution in [0.25, 0.3) is 11.5 Å². The Morgan fingerprint density at radius 1 is 1.36 bits per heavy atom. The molecule has 1 atom stereocenters. The number of carbonyl (C=O) groups is 1. The molecule has 1 aliphatic heterocycles. The van der Waals surface area contributed by atoms with Crippen molar-refractivity contribution >= 4 is 5.91 Å². The highest BCUT2D eigenvalue weighted by molar-refractivity contribution is 5.94. The molecule has 0 N–H and O–H groups in total. The first-order valence-electron chi connectivity index (χ1n) is 7.49. The average molecular weight is 301 g/mol. The van der Waals surface area contributed by atoms with Crippen LogP contribution in [0.2, 0.25) is 0 Å². The summed E-state index contributed by atoms with van der Waals surface area (Å²) >= 11 is 0. The molecule has 2 heterocycles. The molecular weight excluding hydrogens is 282 g/mol. The van der Waals surface area contributed by atoms with Crippen LogP contribution in [-0.4, -0.2) is 46.7 Å².